The van der Waals surface area contributed by atoms with Gasteiger partial charge in [0.05, 0.1) is 23.9 Å². The third-order valence-corrected chi connectivity index (χ3v) is 8.44. The van der Waals surface area contributed by atoms with Gasteiger partial charge in [-0.25, -0.2) is 4.68 Å². The fourth-order valence-corrected chi connectivity index (χ4v) is 5.84. The van der Waals surface area contributed by atoms with E-state index in [1.54, 1.807) is 39.9 Å². The van der Waals surface area contributed by atoms with Crippen molar-refractivity contribution in [3.8, 4) is 5.69 Å². The largest absolute Gasteiger partial charge is 0.394 e. The van der Waals surface area contributed by atoms with E-state index in [9.17, 15) is 19.5 Å². The summed E-state index contributed by atoms with van der Waals surface area (Å²) in [6.45, 7) is 9.31. The molecular formula is C35H43N7O4. The quantitative estimate of drug-likeness (QED) is 0.201. The predicted molar refractivity (Wildman–Crippen MR) is 176 cm³/mol. The van der Waals surface area contributed by atoms with Crippen LogP contribution in [-0.2, 0) is 13.0 Å². The molecule has 3 amide bonds. The first-order valence-electron chi connectivity index (χ1n) is 16.1. The summed E-state index contributed by atoms with van der Waals surface area (Å²) in [5.41, 5.74) is 5.26. The van der Waals surface area contributed by atoms with Gasteiger partial charge in [0.25, 0.3) is 17.7 Å². The van der Waals surface area contributed by atoms with Crippen LogP contribution in [0.3, 0.4) is 0 Å². The number of nitrogens with one attached hydrogen (secondary N) is 2. The SMILES string of the molecule is CCCCN(CCCC)C(=O)c1cc(C)n(-c2ccc(NC(=O)c3cc(C)[nH]n3)cc2C(=O)N2Cc3ccccc3CC2CO)n1. The number of nitrogens with zero attached hydrogens (tertiary/aromatic N) is 5. The first kappa shape index (κ1) is 32.6. The molecular weight excluding hydrogens is 582 g/mol. The summed E-state index contributed by atoms with van der Waals surface area (Å²) >= 11 is 0. The van der Waals surface area contributed by atoms with Crippen LogP contribution in [0.4, 0.5) is 5.69 Å². The van der Waals surface area contributed by atoms with Crippen LogP contribution in [-0.4, -0.2) is 78.3 Å². The Morgan fingerprint density at radius 2 is 1.70 bits per heavy atom. The summed E-state index contributed by atoms with van der Waals surface area (Å²) in [6.07, 6.45) is 4.29. The Labute approximate surface area is 269 Å². The molecule has 11 heteroatoms. The number of anilines is 1. The molecule has 1 atom stereocenters. The minimum absolute atomic E-state index is 0.136. The maximum Gasteiger partial charge on any atom is 0.276 e. The number of fused-ring (bicyclic) bond motifs is 1. The molecule has 46 heavy (non-hydrogen) atoms. The lowest BCUT2D eigenvalue weighted by Crippen LogP contribution is -2.46. The summed E-state index contributed by atoms with van der Waals surface area (Å²) in [5.74, 6) is -0.869. The molecule has 1 aliphatic heterocycles. The van der Waals surface area contributed by atoms with Crippen molar-refractivity contribution < 1.29 is 19.5 Å². The molecule has 5 rings (SSSR count). The lowest BCUT2D eigenvalue weighted by atomic mass is 9.93. The maximum absolute atomic E-state index is 14.4. The second kappa shape index (κ2) is 14.6. The minimum atomic E-state index is -0.429. The number of aryl methyl sites for hydroxylation is 2. The number of rotatable bonds is 12. The van der Waals surface area contributed by atoms with Gasteiger partial charge in [0.15, 0.2) is 11.4 Å². The van der Waals surface area contributed by atoms with Crippen LogP contribution in [0.25, 0.3) is 5.69 Å². The van der Waals surface area contributed by atoms with Crippen LogP contribution in [0.1, 0.15) is 93.4 Å². The van der Waals surface area contributed by atoms with Crippen molar-refractivity contribution in [3.05, 3.63) is 94.1 Å². The number of aliphatic hydroxyl groups is 1. The number of amides is 3. The number of carbonyl (C=O) groups is 3. The molecule has 1 unspecified atom stereocenters. The molecule has 11 nitrogen and oxygen atoms in total. The van der Waals surface area contributed by atoms with Crippen molar-refractivity contribution in [1.82, 2.24) is 29.8 Å². The second-order valence-electron chi connectivity index (χ2n) is 11.9. The Morgan fingerprint density at radius 1 is 0.978 bits per heavy atom. The summed E-state index contributed by atoms with van der Waals surface area (Å²) in [5, 5.41) is 24.7. The zero-order valence-corrected chi connectivity index (χ0v) is 27.0. The highest BCUT2D eigenvalue weighted by atomic mass is 16.3. The number of benzene rings is 2. The summed E-state index contributed by atoms with van der Waals surface area (Å²) in [7, 11) is 0. The third kappa shape index (κ3) is 7.04. The molecule has 0 saturated heterocycles. The van der Waals surface area contributed by atoms with Crippen LogP contribution in [0, 0.1) is 13.8 Å². The lowest BCUT2D eigenvalue weighted by Gasteiger charge is -2.36. The van der Waals surface area contributed by atoms with Gasteiger partial charge in [-0.15, -0.1) is 0 Å². The topological polar surface area (TPSA) is 136 Å². The Hall–Kier alpha value is -4.77. The van der Waals surface area contributed by atoms with Crippen LogP contribution in [0.5, 0.6) is 0 Å². The van der Waals surface area contributed by atoms with Crippen LogP contribution >= 0.6 is 0 Å². The molecule has 1 aliphatic rings. The predicted octanol–water partition coefficient (Wildman–Crippen LogP) is 5.07. The normalized spacial score (nSPS) is 14.2. The zero-order valence-electron chi connectivity index (χ0n) is 27.0. The number of H-pyrrole nitrogens is 1. The molecule has 2 aromatic carbocycles. The summed E-state index contributed by atoms with van der Waals surface area (Å²) < 4.78 is 1.62. The van der Waals surface area contributed by atoms with E-state index in [1.807, 2.05) is 43.0 Å². The van der Waals surface area contributed by atoms with Gasteiger partial charge in [-0.1, -0.05) is 51.0 Å². The van der Waals surface area contributed by atoms with Gasteiger partial charge >= 0.3 is 0 Å². The van der Waals surface area contributed by atoms with Gasteiger partial charge in [-0.2, -0.15) is 10.2 Å². The molecule has 0 fully saturated rings. The number of hydrogen-bond acceptors (Lipinski definition) is 6. The van der Waals surface area contributed by atoms with Gasteiger partial charge in [0.1, 0.15) is 0 Å². The molecule has 2 aromatic heterocycles. The number of hydrogen-bond donors (Lipinski definition) is 3. The summed E-state index contributed by atoms with van der Waals surface area (Å²) in [4.78, 5) is 44.6. The monoisotopic (exact) mass is 625 g/mol. The van der Waals surface area contributed by atoms with Gasteiger partial charge in [-0.3, -0.25) is 19.5 Å². The van der Waals surface area contributed by atoms with Crippen molar-refractivity contribution in [3.63, 3.8) is 0 Å². The van der Waals surface area contributed by atoms with Crippen molar-refractivity contribution in [2.24, 2.45) is 0 Å². The molecule has 0 spiro atoms. The van der Waals surface area contributed by atoms with Gasteiger partial charge in [-0.05, 0) is 74.6 Å². The first-order valence-corrected chi connectivity index (χ1v) is 16.1. The standard InChI is InChI=1S/C35H43N7O4/c1-5-7-15-40(16-8-6-2)35(46)31-18-24(4)42(39-31)32-14-13-27(36-33(44)30-17-23(3)37-38-30)20-29(32)34(45)41-21-26-12-10-9-11-25(26)19-28(41)22-43/h9-14,17-18,20,28,43H,5-8,15-16,19,21-22H2,1-4H3,(H,36,44)(H,37,38). The van der Waals surface area contributed by atoms with E-state index in [1.165, 1.54) is 0 Å². The molecule has 0 saturated carbocycles. The Balaban J connectivity index is 1.54. The van der Waals surface area contributed by atoms with Crippen molar-refractivity contribution >= 4 is 23.4 Å². The Kier molecular flexibility index (Phi) is 10.3. The fraction of sp³-hybridized carbons (Fsp3) is 0.400. The van der Waals surface area contributed by atoms with E-state index < -0.39 is 11.9 Å². The number of carbonyl (C=O) groups excluding carboxylic acids is 3. The molecule has 4 aromatic rings. The molecule has 0 bridgehead atoms. The Morgan fingerprint density at radius 3 is 2.35 bits per heavy atom. The van der Waals surface area contributed by atoms with E-state index >= 15 is 0 Å². The molecule has 0 radical (unpaired) electrons. The van der Waals surface area contributed by atoms with E-state index in [4.69, 9.17) is 5.10 Å². The molecule has 3 heterocycles. The number of aromatic amines is 1. The summed E-state index contributed by atoms with van der Waals surface area (Å²) in [6, 6.07) is 15.9. The minimum Gasteiger partial charge on any atom is -0.394 e. The Bertz CT molecular complexity index is 1700. The molecule has 3 N–H and O–H groups in total. The van der Waals surface area contributed by atoms with Crippen molar-refractivity contribution in [2.75, 3.05) is 25.0 Å². The maximum atomic E-state index is 14.4. The second-order valence-corrected chi connectivity index (χ2v) is 11.9. The molecule has 242 valence electrons. The highest BCUT2D eigenvalue weighted by Gasteiger charge is 2.32. The first-order chi connectivity index (χ1) is 22.2. The average Bonchev–Trinajstić information content (AvgIpc) is 3.68. The smallest absolute Gasteiger partial charge is 0.276 e. The van der Waals surface area contributed by atoms with E-state index in [0.717, 1.165) is 42.5 Å². The van der Waals surface area contributed by atoms with Crippen LogP contribution in [0.2, 0.25) is 0 Å². The fourth-order valence-electron chi connectivity index (χ4n) is 5.84. The van der Waals surface area contributed by atoms with Crippen LogP contribution in [0.15, 0.2) is 54.6 Å². The highest BCUT2D eigenvalue weighted by molar-refractivity contribution is 6.05. The molecule has 0 aliphatic carbocycles. The van der Waals surface area contributed by atoms with Crippen LogP contribution < -0.4 is 5.32 Å². The van der Waals surface area contributed by atoms with Gasteiger partial charge in [0, 0.05) is 36.7 Å². The van der Waals surface area contributed by atoms with E-state index in [0.29, 0.717) is 48.8 Å². The lowest BCUT2D eigenvalue weighted by molar-refractivity contribution is 0.0544. The van der Waals surface area contributed by atoms with Crippen molar-refractivity contribution in [1.29, 1.82) is 0 Å². The van der Waals surface area contributed by atoms with Crippen molar-refractivity contribution in [2.45, 2.75) is 72.4 Å². The van der Waals surface area contributed by atoms with E-state index in [2.05, 4.69) is 29.4 Å². The average molecular weight is 626 g/mol. The van der Waals surface area contributed by atoms with Gasteiger partial charge in [0.2, 0.25) is 0 Å². The number of unbranched alkanes of at least 4 members (excludes halogenated alkanes) is 2. The highest BCUT2D eigenvalue weighted by Crippen LogP contribution is 2.29. The zero-order chi connectivity index (χ0) is 32.8. The van der Waals surface area contributed by atoms with E-state index in [-0.39, 0.29) is 29.7 Å². The number of aromatic nitrogens is 4. The number of aliphatic hydroxyl groups excluding tert-OH is 1. The third-order valence-electron chi connectivity index (χ3n) is 8.44. The van der Waals surface area contributed by atoms with Gasteiger partial charge < -0.3 is 20.2 Å².